The van der Waals surface area contributed by atoms with E-state index in [9.17, 15) is 0 Å². The number of fused-ring (bicyclic) bond motifs is 2. The molecular formula is C17H21NO3. The second kappa shape index (κ2) is 3.93. The zero-order valence-electron chi connectivity index (χ0n) is 12.6. The fraction of sp³-hybridized carbons (Fsp3) is 0.647. The van der Waals surface area contributed by atoms with E-state index in [0.717, 1.165) is 18.0 Å². The number of nitrogens with zero attached hydrogens (tertiary/aromatic N) is 1. The molecule has 1 aliphatic carbocycles. The Hall–Kier alpha value is -1.26. The van der Waals surface area contributed by atoms with Gasteiger partial charge in [0, 0.05) is 18.0 Å². The lowest BCUT2D eigenvalue weighted by Gasteiger charge is -2.45. The number of benzene rings is 1. The molecule has 2 bridgehead atoms. The SMILES string of the molecule is COc1cc2c(cc1OC)[C@@]13CCN(C2)[C@@H]1CCC1OC13. The van der Waals surface area contributed by atoms with Gasteiger partial charge in [0.15, 0.2) is 11.5 Å². The van der Waals surface area contributed by atoms with Crippen molar-refractivity contribution in [2.45, 2.75) is 49.5 Å². The fourth-order valence-corrected chi connectivity index (χ4v) is 5.25. The van der Waals surface area contributed by atoms with Crippen molar-refractivity contribution in [1.29, 1.82) is 0 Å². The molecule has 5 atom stereocenters. The van der Waals surface area contributed by atoms with Crippen molar-refractivity contribution in [2.75, 3.05) is 20.8 Å². The monoisotopic (exact) mass is 287 g/mol. The first kappa shape index (κ1) is 12.3. The highest BCUT2D eigenvalue weighted by Crippen LogP contribution is 2.60. The topological polar surface area (TPSA) is 34.2 Å². The van der Waals surface area contributed by atoms with Crippen LogP contribution in [0.4, 0.5) is 0 Å². The highest BCUT2D eigenvalue weighted by molar-refractivity contribution is 5.54. The van der Waals surface area contributed by atoms with E-state index in [1.165, 1.54) is 36.9 Å². The average Bonchev–Trinajstić information content (AvgIpc) is 3.26. The van der Waals surface area contributed by atoms with Gasteiger partial charge in [-0.25, -0.2) is 0 Å². The number of hydrogen-bond acceptors (Lipinski definition) is 4. The normalized spacial score (nSPS) is 41.8. The third kappa shape index (κ3) is 1.38. The van der Waals surface area contributed by atoms with Crippen molar-refractivity contribution in [1.82, 2.24) is 4.90 Å². The quantitative estimate of drug-likeness (QED) is 0.780. The van der Waals surface area contributed by atoms with Crippen molar-refractivity contribution in [3.05, 3.63) is 23.3 Å². The first-order valence-corrected chi connectivity index (χ1v) is 7.93. The van der Waals surface area contributed by atoms with E-state index < -0.39 is 0 Å². The molecule has 3 unspecified atom stereocenters. The molecule has 3 heterocycles. The first-order chi connectivity index (χ1) is 10.3. The van der Waals surface area contributed by atoms with Gasteiger partial charge in [-0.1, -0.05) is 0 Å². The second-order valence-electron chi connectivity index (χ2n) is 6.81. The van der Waals surface area contributed by atoms with Gasteiger partial charge in [-0.05, 0) is 49.1 Å². The van der Waals surface area contributed by atoms with Gasteiger partial charge in [0.25, 0.3) is 0 Å². The molecule has 5 rings (SSSR count). The van der Waals surface area contributed by atoms with Crippen LogP contribution in [0.15, 0.2) is 12.1 Å². The summed E-state index contributed by atoms with van der Waals surface area (Å²) in [5, 5.41) is 0. The Morgan fingerprint density at radius 3 is 2.81 bits per heavy atom. The third-order valence-electron chi connectivity index (χ3n) is 6.15. The highest BCUT2D eigenvalue weighted by Gasteiger charge is 2.67. The van der Waals surface area contributed by atoms with Gasteiger partial charge in [-0.3, -0.25) is 4.90 Å². The van der Waals surface area contributed by atoms with Crippen LogP contribution in [0, 0.1) is 0 Å². The minimum atomic E-state index is 0.204. The summed E-state index contributed by atoms with van der Waals surface area (Å²) >= 11 is 0. The molecule has 2 saturated heterocycles. The van der Waals surface area contributed by atoms with Crippen molar-refractivity contribution in [3.63, 3.8) is 0 Å². The van der Waals surface area contributed by atoms with Crippen LogP contribution in [0.25, 0.3) is 0 Å². The Morgan fingerprint density at radius 2 is 2.00 bits per heavy atom. The summed E-state index contributed by atoms with van der Waals surface area (Å²) in [6.45, 7) is 2.23. The number of ether oxygens (including phenoxy) is 3. The molecule has 0 amide bonds. The van der Waals surface area contributed by atoms with Crippen LogP contribution >= 0.6 is 0 Å². The predicted octanol–water partition coefficient (Wildman–Crippen LogP) is 2.09. The van der Waals surface area contributed by atoms with Gasteiger partial charge in [0.2, 0.25) is 0 Å². The lowest BCUT2D eigenvalue weighted by molar-refractivity contribution is 0.138. The number of hydrogen-bond donors (Lipinski definition) is 0. The van der Waals surface area contributed by atoms with Crippen LogP contribution in [0.3, 0.4) is 0 Å². The summed E-state index contributed by atoms with van der Waals surface area (Å²) in [6.07, 6.45) is 4.66. The van der Waals surface area contributed by atoms with Crippen LogP contribution in [0.2, 0.25) is 0 Å². The van der Waals surface area contributed by atoms with E-state index in [0.29, 0.717) is 18.2 Å². The van der Waals surface area contributed by atoms with Gasteiger partial charge < -0.3 is 14.2 Å². The molecule has 0 radical (unpaired) electrons. The van der Waals surface area contributed by atoms with Gasteiger partial charge in [0.1, 0.15) is 0 Å². The maximum absolute atomic E-state index is 6.06. The molecule has 4 nitrogen and oxygen atoms in total. The summed E-state index contributed by atoms with van der Waals surface area (Å²) in [5.74, 6) is 1.70. The predicted molar refractivity (Wildman–Crippen MR) is 77.9 cm³/mol. The molecule has 4 aliphatic rings. The van der Waals surface area contributed by atoms with Crippen LogP contribution in [-0.4, -0.2) is 43.9 Å². The van der Waals surface area contributed by atoms with Crippen LogP contribution in [-0.2, 0) is 16.7 Å². The zero-order valence-corrected chi connectivity index (χ0v) is 12.6. The largest absolute Gasteiger partial charge is 0.493 e. The minimum absolute atomic E-state index is 0.204. The van der Waals surface area contributed by atoms with Crippen molar-refractivity contribution in [3.8, 4) is 11.5 Å². The van der Waals surface area contributed by atoms with E-state index in [1.54, 1.807) is 14.2 Å². The number of methoxy groups -OCH3 is 2. The van der Waals surface area contributed by atoms with E-state index in [-0.39, 0.29) is 5.41 Å². The van der Waals surface area contributed by atoms with Crippen LogP contribution in [0.5, 0.6) is 11.5 Å². The average molecular weight is 287 g/mol. The summed E-state index contributed by atoms with van der Waals surface area (Å²) in [6, 6.07) is 5.07. The molecule has 4 heteroatoms. The van der Waals surface area contributed by atoms with Crippen molar-refractivity contribution in [2.24, 2.45) is 0 Å². The minimum Gasteiger partial charge on any atom is -0.493 e. The number of epoxide rings is 1. The summed E-state index contributed by atoms with van der Waals surface area (Å²) in [4.78, 5) is 2.66. The lowest BCUT2D eigenvalue weighted by Crippen LogP contribution is -2.52. The molecular weight excluding hydrogens is 266 g/mol. The van der Waals surface area contributed by atoms with Crippen molar-refractivity contribution < 1.29 is 14.2 Å². The maximum atomic E-state index is 6.06. The molecule has 3 aliphatic heterocycles. The van der Waals surface area contributed by atoms with E-state index in [4.69, 9.17) is 14.2 Å². The smallest absolute Gasteiger partial charge is 0.161 e. The Bertz CT molecular complexity index is 616. The molecule has 21 heavy (non-hydrogen) atoms. The van der Waals surface area contributed by atoms with Crippen LogP contribution < -0.4 is 9.47 Å². The van der Waals surface area contributed by atoms with E-state index >= 15 is 0 Å². The van der Waals surface area contributed by atoms with E-state index in [2.05, 4.69) is 17.0 Å². The second-order valence-corrected chi connectivity index (χ2v) is 6.81. The van der Waals surface area contributed by atoms with Gasteiger partial charge in [-0.2, -0.15) is 0 Å². The summed E-state index contributed by atoms with van der Waals surface area (Å²) in [5.41, 5.74) is 3.07. The zero-order chi connectivity index (χ0) is 14.2. The van der Waals surface area contributed by atoms with Crippen molar-refractivity contribution >= 4 is 0 Å². The molecule has 0 aromatic heterocycles. The Balaban J connectivity index is 1.72. The lowest BCUT2D eigenvalue weighted by atomic mass is 9.63. The standard InChI is InChI=1S/C17H21NO3/c1-19-13-7-10-9-18-6-5-17(11(10)8-14(13)20-2)15(18)4-3-12-16(17)21-12/h7-8,12,15-16H,3-6,9H2,1-2H3/t12?,15-,16?,17+/m1/s1. The first-order valence-electron chi connectivity index (χ1n) is 7.93. The Kier molecular flexibility index (Phi) is 2.30. The highest BCUT2D eigenvalue weighted by atomic mass is 16.6. The molecule has 0 N–H and O–H groups in total. The van der Waals surface area contributed by atoms with E-state index in [1.807, 2.05) is 0 Å². The number of rotatable bonds is 2. The third-order valence-corrected chi connectivity index (χ3v) is 6.15. The molecule has 112 valence electrons. The fourth-order valence-electron chi connectivity index (χ4n) is 5.25. The Labute approximate surface area is 125 Å². The molecule has 1 aromatic carbocycles. The Morgan fingerprint density at radius 1 is 1.19 bits per heavy atom. The van der Waals surface area contributed by atoms with Gasteiger partial charge >= 0.3 is 0 Å². The summed E-state index contributed by atoms with van der Waals surface area (Å²) < 4.78 is 17.1. The molecule has 1 aromatic rings. The maximum Gasteiger partial charge on any atom is 0.161 e. The van der Waals surface area contributed by atoms with Gasteiger partial charge in [-0.15, -0.1) is 0 Å². The van der Waals surface area contributed by atoms with Gasteiger partial charge in [0.05, 0.1) is 26.4 Å². The summed E-state index contributed by atoms with van der Waals surface area (Å²) in [7, 11) is 3.43. The molecule has 3 fully saturated rings. The van der Waals surface area contributed by atoms with Crippen LogP contribution in [0.1, 0.15) is 30.4 Å². The molecule has 0 spiro atoms. The molecule has 1 saturated carbocycles.